The molecule has 0 aliphatic carbocycles. The Morgan fingerprint density at radius 1 is 1.26 bits per heavy atom. The second kappa shape index (κ2) is 6.90. The number of hydrogen-bond donors (Lipinski definition) is 1. The minimum absolute atomic E-state index is 0.00984. The molecule has 3 aromatic rings. The van der Waals surface area contributed by atoms with Gasteiger partial charge in [-0.2, -0.15) is 0 Å². The molecule has 27 heavy (non-hydrogen) atoms. The van der Waals surface area contributed by atoms with Gasteiger partial charge in [-0.25, -0.2) is 4.98 Å². The third kappa shape index (κ3) is 2.98. The molecule has 2 amide bonds. The number of thiazole rings is 1. The molecule has 8 heteroatoms. The summed E-state index contributed by atoms with van der Waals surface area (Å²) in [6, 6.07) is 9.64. The highest BCUT2D eigenvalue weighted by molar-refractivity contribution is 7.80. The average molecular weight is 394 g/mol. The van der Waals surface area contributed by atoms with Crippen LogP contribution in [0.2, 0.25) is 0 Å². The Kier molecular flexibility index (Phi) is 4.43. The van der Waals surface area contributed by atoms with Crippen molar-refractivity contribution >= 4 is 51.5 Å². The fourth-order valence-electron chi connectivity index (χ4n) is 2.88. The van der Waals surface area contributed by atoms with E-state index in [1.165, 1.54) is 16.2 Å². The van der Waals surface area contributed by atoms with Crippen molar-refractivity contribution < 1.29 is 9.59 Å². The molecular weight excluding hydrogens is 380 g/mol. The largest absolute Gasteiger partial charge is 0.298 e. The van der Waals surface area contributed by atoms with Crippen LogP contribution in [0.25, 0.3) is 22.3 Å². The zero-order valence-electron chi connectivity index (χ0n) is 14.1. The molecule has 1 aliphatic rings. The van der Waals surface area contributed by atoms with Crippen LogP contribution >= 0.6 is 23.6 Å². The highest BCUT2D eigenvalue weighted by Crippen LogP contribution is 2.29. The fourth-order valence-corrected chi connectivity index (χ4v) is 3.85. The molecule has 134 valence electrons. The van der Waals surface area contributed by atoms with Gasteiger partial charge in [0, 0.05) is 23.7 Å². The van der Waals surface area contributed by atoms with E-state index in [1.54, 1.807) is 12.2 Å². The SMILES string of the molecule is C=CCN1C(=O)/C(=C/c2c(-c3ccccc3)nc3sccn23)C(=O)NC1=S. The smallest absolute Gasteiger partial charge is 0.266 e. The Bertz CT molecular complexity index is 1110. The van der Waals surface area contributed by atoms with Gasteiger partial charge in [0.25, 0.3) is 11.8 Å². The number of thiocarbonyl (C=S) groups is 1. The third-order valence-electron chi connectivity index (χ3n) is 4.12. The molecule has 0 bridgehead atoms. The molecule has 1 saturated heterocycles. The van der Waals surface area contributed by atoms with Crippen molar-refractivity contribution in [2.24, 2.45) is 0 Å². The molecule has 4 rings (SSSR count). The molecule has 0 spiro atoms. The molecule has 1 N–H and O–H groups in total. The maximum atomic E-state index is 12.8. The van der Waals surface area contributed by atoms with E-state index in [-0.39, 0.29) is 17.2 Å². The number of fused-ring (bicyclic) bond motifs is 1. The Morgan fingerprint density at radius 2 is 2.04 bits per heavy atom. The summed E-state index contributed by atoms with van der Waals surface area (Å²) >= 11 is 6.58. The minimum atomic E-state index is -0.519. The third-order valence-corrected chi connectivity index (χ3v) is 5.20. The first kappa shape index (κ1) is 17.3. The van der Waals surface area contributed by atoms with Crippen LogP contribution in [-0.4, -0.2) is 37.8 Å². The van der Waals surface area contributed by atoms with E-state index in [9.17, 15) is 9.59 Å². The molecule has 0 saturated carbocycles. The van der Waals surface area contributed by atoms with E-state index < -0.39 is 11.8 Å². The maximum absolute atomic E-state index is 12.8. The Labute approximate surface area is 164 Å². The predicted molar refractivity (Wildman–Crippen MR) is 109 cm³/mol. The zero-order chi connectivity index (χ0) is 19.0. The van der Waals surface area contributed by atoms with E-state index >= 15 is 0 Å². The van der Waals surface area contributed by atoms with E-state index in [4.69, 9.17) is 12.2 Å². The van der Waals surface area contributed by atoms with Gasteiger partial charge in [-0.3, -0.25) is 24.2 Å². The first-order chi connectivity index (χ1) is 13.1. The number of nitrogens with zero attached hydrogens (tertiary/aromatic N) is 3. The van der Waals surface area contributed by atoms with Crippen LogP contribution in [-0.2, 0) is 9.59 Å². The molecule has 3 heterocycles. The number of hydrogen-bond acceptors (Lipinski definition) is 5. The first-order valence-electron chi connectivity index (χ1n) is 8.11. The fraction of sp³-hybridized carbons (Fsp3) is 0.0526. The van der Waals surface area contributed by atoms with Crippen molar-refractivity contribution in [2.75, 3.05) is 6.54 Å². The van der Waals surface area contributed by atoms with Gasteiger partial charge in [-0.05, 0) is 18.3 Å². The van der Waals surface area contributed by atoms with Crippen LogP contribution in [0.1, 0.15) is 5.69 Å². The van der Waals surface area contributed by atoms with Crippen LogP contribution in [0.3, 0.4) is 0 Å². The highest BCUT2D eigenvalue weighted by Gasteiger charge is 2.33. The Hall–Kier alpha value is -3.10. The number of benzene rings is 1. The maximum Gasteiger partial charge on any atom is 0.266 e. The van der Waals surface area contributed by atoms with Gasteiger partial charge in [0.15, 0.2) is 10.1 Å². The van der Waals surface area contributed by atoms with Gasteiger partial charge in [0.1, 0.15) is 5.57 Å². The van der Waals surface area contributed by atoms with Crippen LogP contribution in [0.15, 0.2) is 60.1 Å². The van der Waals surface area contributed by atoms with E-state index in [0.29, 0.717) is 11.4 Å². The second-order valence-electron chi connectivity index (χ2n) is 5.79. The van der Waals surface area contributed by atoms with Crippen LogP contribution in [0, 0.1) is 0 Å². The van der Waals surface area contributed by atoms with Gasteiger partial charge >= 0.3 is 0 Å². The van der Waals surface area contributed by atoms with E-state index in [0.717, 1.165) is 10.5 Å². The molecule has 2 aromatic heterocycles. The van der Waals surface area contributed by atoms with Crippen LogP contribution in [0.4, 0.5) is 0 Å². The molecule has 0 atom stereocenters. The van der Waals surface area contributed by atoms with Gasteiger partial charge in [-0.15, -0.1) is 17.9 Å². The number of carbonyl (C=O) groups is 2. The van der Waals surface area contributed by atoms with Crippen molar-refractivity contribution in [2.45, 2.75) is 0 Å². The van der Waals surface area contributed by atoms with Crippen LogP contribution < -0.4 is 5.32 Å². The molecule has 0 radical (unpaired) electrons. The molecule has 1 aliphatic heterocycles. The summed E-state index contributed by atoms with van der Waals surface area (Å²) in [7, 11) is 0. The average Bonchev–Trinajstić information content (AvgIpc) is 3.25. The Balaban J connectivity index is 1.88. The van der Waals surface area contributed by atoms with E-state index in [2.05, 4.69) is 16.9 Å². The summed E-state index contributed by atoms with van der Waals surface area (Å²) in [5.41, 5.74) is 2.29. The van der Waals surface area contributed by atoms with Gasteiger partial charge < -0.3 is 0 Å². The van der Waals surface area contributed by atoms with Gasteiger partial charge in [0.05, 0.1) is 11.4 Å². The number of nitrogens with one attached hydrogen (secondary N) is 1. The van der Waals surface area contributed by atoms with Crippen molar-refractivity contribution in [1.29, 1.82) is 0 Å². The zero-order valence-corrected chi connectivity index (χ0v) is 15.7. The number of aromatic nitrogens is 2. The highest BCUT2D eigenvalue weighted by atomic mass is 32.1. The summed E-state index contributed by atoms with van der Waals surface area (Å²) < 4.78 is 1.87. The lowest BCUT2D eigenvalue weighted by Crippen LogP contribution is -2.53. The first-order valence-corrected chi connectivity index (χ1v) is 9.39. The van der Waals surface area contributed by atoms with Crippen molar-refractivity contribution in [3.8, 4) is 11.3 Å². The lowest BCUT2D eigenvalue weighted by Gasteiger charge is -2.27. The van der Waals surface area contributed by atoms with Gasteiger partial charge in [-0.1, -0.05) is 36.4 Å². The molecule has 0 unspecified atom stereocenters. The molecule has 6 nitrogen and oxygen atoms in total. The summed E-state index contributed by atoms with van der Waals surface area (Å²) in [6.45, 7) is 3.86. The molecule has 1 fully saturated rings. The Morgan fingerprint density at radius 3 is 2.78 bits per heavy atom. The molecule has 1 aromatic carbocycles. The lowest BCUT2D eigenvalue weighted by atomic mass is 10.1. The number of amides is 2. The standard InChI is InChI=1S/C19H14N4O2S2/c1-2-8-23-17(25)13(16(24)21-18(23)26)11-14-15(12-6-4-3-5-7-12)20-19-22(14)9-10-27-19/h2-7,9-11H,1,8H2,(H,21,24,26)/b13-11+. The number of rotatable bonds is 4. The van der Waals surface area contributed by atoms with Gasteiger partial charge in [0.2, 0.25) is 0 Å². The van der Waals surface area contributed by atoms with E-state index in [1.807, 2.05) is 46.3 Å². The normalized spacial score (nSPS) is 16.2. The summed E-state index contributed by atoms with van der Waals surface area (Å²) in [5, 5.41) is 4.55. The monoisotopic (exact) mass is 394 g/mol. The number of imidazole rings is 1. The number of carbonyl (C=O) groups excluding carboxylic acids is 2. The lowest BCUT2D eigenvalue weighted by molar-refractivity contribution is -0.128. The quantitative estimate of drug-likeness (QED) is 0.320. The topological polar surface area (TPSA) is 66.7 Å². The second-order valence-corrected chi connectivity index (χ2v) is 7.05. The summed E-state index contributed by atoms with van der Waals surface area (Å²) in [5.74, 6) is -0.970. The summed E-state index contributed by atoms with van der Waals surface area (Å²) in [4.78, 5) is 32.0. The van der Waals surface area contributed by atoms with Crippen molar-refractivity contribution in [3.63, 3.8) is 0 Å². The predicted octanol–water partition coefficient (Wildman–Crippen LogP) is 2.88. The van der Waals surface area contributed by atoms with Crippen LogP contribution in [0.5, 0.6) is 0 Å². The van der Waals surface area contributed by atoms with Crippen molar-refractivity contribution in [1.82, 2.24) is 19.6 Å². The minimum Gasteiger partial charge on any atom is -0.298 e. The van der Waals surface area contributed by atoms with Crippen molar-refractivity contribution in [3.05, 3.63) is 65.8 Å². The molecular formula is C19H14N4O2S2. The summed E-state index contributed by atoms with van der Waals surface area (Å²) in [6.07, 6.45) is 5.00.